The summed E-state index contributed by atoms with van der Waals surface area (Å²) >= 11 is 3.10. The molecule has 0 aliphatic heterocycles. The van der Waals surface area contributed by atoms with Crippen molar-refractivity contribution in [1.82, 2.24) is 10.6 Å². The minimum atomic E-state index is -0.488. The van der Waals surface area contributed by atoms with Crippen molar-refractivity contribution >= 4 is 39.3 Å². The standard InChI is InChI=1S/C17H16BrN3O4/c18-14-7-6-13(25-14)17(24)19-9-15(22)20-12-3-1-2-10(8-12)16(23)21-11-4-5-11/h1-3,6-8,11H,4-5,9H2,(H,19,24)(H,20,22)(H,21,23). The lowest BCUT2D eigenvalue weighted by molar-refractivity contribution is -0.115. The summed E-state index contributed by atoms with van der Waals surface area (Å²) in [5.74, 6) is -0.939. The van der Waals surface area contributed by atoms with Gasteiger partial charge in [0.15, 0.2) is 10.4 Å². The number of anilines is 1. The first-order valence-corrected chi connectivity index (χ1v) is 8.55. The van der Waals surface area contributed by atoms with E-state index in [1.54, 1.807) is 30.3 Å². The van der Waals surface area contributed by atoms with E-state index in [4.69, 9.17) is 4.42 Å². The Morgan fingerprint density at radius 1 is 1.12 bits per heavy atom. The van der Waals surface area contributed by atoms with Gasteiger partial charge < -0.3 is 20.4 Å². The van der Waals surface area contributed by atoms with E-state index in [0.29, 0.717) is 15.9 Å². The summed E-state index contributed by atoms with van der Waals surface area (Å²) < 4.78 is 5.54. The van der Waals surface area contributed by atoms with Gasteiger partial charge in [0, 0.05) is 17.3 Å². The molecule has 1 saturated carbocycles. The highest BCUT2D eigenvalue weighted by molar-refractivity contribution is 9.10. The van der Waals surface area contributed by atoms with Crippen LogP contribution in [-0.4, -0.2) is 30.3 Å². The SMILES string of the molecule is O=C(CNC(=O)c1ccc(Br)o1)Nc1cccc(C(=O)NC2CC2)c1. The summed E-state index contributed by atoms with van der Waals surface area (Å²) in [6.45, 7) is -0.213. The Morgan fingerprint density at radius 2 is 1.92 bits per heavy atom. The van der Waals surface area contributed by atoms with E-state index in [9.17, 15) is 14.4 Å². The van der Waals surface area contributed by atoms with Gasteiger partial charge in [-0.25, -0.2) is 0 Å². The molecule has 3 amide bonds. The molecule has 1 aliphatic rings. The summed E-state index contributed by atoms with van der Waals surface area (Å²) in [6.07, 6.45) is 2.02. The third kappa shape index (κ3) is 4.93. The lowest BCUT2D eigenvalue weighted by atomic mass is 10.2. The maximum atomic E-state index is 12.0. The zero-order chi connectivity index (χ0) is 17.8. The van der Waals surface area contributed by atoms with Gasteiger partial charge in [-0.2, -0.15) is 0 Å². The van der Waals surface area contributed by atoms with Crippen molar-refractivity contribution in [2.75, 3.05) is 11.9 Å². The predicted molar refractivity (Wildman–Crippen MR) is 94.3 cm³/mol. The Balaban J connectivity index is 1.52. The van der Waals surface area contributed by atoms with Crippen molar-refractivity contribution in [3.63, 3.8) is 0 Å². The Hall–Kier alpha value is -2.61. The fourth-order valence-electron chi connectivity index (χ4n) is 2.12. The van der Waals surface area contributed by atoms with E-state index in [0.717, 1.165) is 12.8 Å². The number of carbonyl (C=O) groups is 3. The van der Waals surface area contributed by atoms with Gasteiger partial charge in [-0.15, -0.1) is 0 Å². The highest BCUT2D eigenvalue weighted by Crippen LogP contribution is 2.20. The van der Waals surface area contributed by atoms with Crippen molar-refractivity contribution in [2.24, 2.45) is 0 Å². The molecule has 1 fully saturated rings. The molecule has 0 spiro atoms. The van der Waals surface area contributed by atoms with Crippen molar-refractivity contribution in [2.45, 2.75) is 18.9 Å². The molecule has 25 heavy (non-hydrogen) atoms. The molecule has 0 saturated heterocycles. The maximum Gasteiger partial charge on any atom is 0.287 e. The summed E-state index contributed by atoms with van der Waals surface area (Å²) in [7, 11) is 0. The molecule has 7 nitrogen and oxygen atoms in total. The van der Waals surface area contributed by atoms with Crippen LogP contribution in [0.15, 0.2) is 45.5 Å². The van der Waals surface area contributed by atoms with Gasteiger partial charge in [-0.3, -0.25) is 14.4 Å². The van der Waals surface area contributed by atoms with Crippen LogP contribution in [0.2, 0.25) is 0 Å². The first-order chi connectivity index (χ1) is 12.0. The number of hydrogen-bond donors (Lipinski definition) is 3. The van der Waals surface area contributed by atoms with Crippen molar-refractivity contribution in [1.29, 1.82) is 0 Å². The molecular weight excluding hydrogens is 390 g/mol. The number of rotatable bonds is 6. The minimum Gasteiger partial charge on any atom is -0.444 e. The quantitative estimate of drug-likeness (QED) is 0.686. The average Bonchev–Trinajstić information content (AvgIpc) is 3.30. The number of nitrogens with one attached hydrogen (secondary N) is 3. The summed E-state index contributed by atoms with van der Waals surface area (Å²) in [5, 5.41) is 7.99. The van der Waals surface area contributed by atoms with Gasteiger partial charge in [0.2, 0.25) is 5.91 Å². The van der Waals surface area contributed by atoms with Crippen LogP contribution in [0.1, 0.15) is 33.8 Å². The molecule has 1 aromatic carbocycles. The molecule has 2 aromatic rings. The minimum absolute atomic E-state index is 0.110. The molecule has 3 N–H and O–H groups in total. The zero-order valence-electron chi connectivity index (χ0n) is 13.2. The normalized spacial score (nSPS) is 13.2. The van der Waals surface area contributed by atoms with Crippen LogP contribution in [0.3, 0.4) is 0 Å². The maximum absolute atomic E-state index is 12.0. The van der Waals surface area contributed by atoms with Gasteiger partial charge in [0.1, 0.15) is 0 Å². The van der Waals surface area contributed by atoms with E-state index in [-0.39, 0.29) is 24.3 Å². The fraction of sp³-hybridized carbons (Fsp3) is 0.235. The topological polar surface area (TPSA) is 100 Å². The highest BCUT2D eigenvalue weighted by Gasteiger charge is 2.23. The smallest absolute Gasteiger partial charge is 0.287 e. The van der Waals surface area contributed by atoms with Gasteiger partial charge >= 0.3 is 0 Å². The number of halogens is 1. The second-order valence-electron chi connectivity index (χ2n) is 5.66. The van der Waals surface area contributed by atoms with E-state index in [2.05, 4.69) is 31.9 Å². The molecule has 8 heteroatoms. The lowest BCUT2D eigenvalue weighted by Gasteiger charge is -2.08. The molecule has 3 rings (SSSR count). The van der Waals surface area contributed by atoms with Gasteiger partial charge in [-0.05, 0) is 59.1 Å². The zero-order valence-corrected chi connectivity index (χ0v) is 14.8. The third-order valence-corrected chi connectivity index (χ3v) is 3.95. The number of benzene rings is 1. The molecular formula is C17H16BrN3O4. The largest absolute Gasteiger partial charge is 0.444 e. The van der Waals surface area contributed by atoms with Crippen LogP contribution in [0.4, 0.5) is 5.69 Å². The fourth-order valence-corrected chi connectivity index (χ4v) is 2.43. The van der Waals surface area contributed by atoms with Crippen molar-refractivity contribution in [3.05, 3.63) is 52.4 Å². The van der Waals surface area contributed by atoms with E-state index in [1.165, 1.54) is 6.07 Å². The summed E-state index contributed by atoms with van der Waals surface area (Å²) in [4.78, 5) is 35.8. The number of carbonyl (C=O) groups excluding carboxylic acids is 3. The Morgan fingerprint density at radius 3 is 2.60 bits per heavy atom. The highest BCUT2D eigenvalue weighted by atomic mass is 79.9. The van der Waals surface area contributed by atoms with E-state index < -0.39 is 11.8 Å². The molecule has 1 heterocycles. The molecule has 1 aromatic heterocycles. The van der Waals surface area contributed by atoms with Gasteiger partial charge in [0.25, 0.3) is 11.8 Å². The Labute approximate surface area is 152 Å². The van der Waals surface area contributed by atoms with Crippen LogP contribution in [0.5, 0.6) is 0 Å². The van der Waals surface area contributed by atoms with Crippen molar-refractivity contribution in [3.8, 4) is 0 Å². The van der Waals surface area contributed by atoms with Crippen LogP contribution in [-0.2, 0) is 4.79 Å². The Bertz CT molecular complexity index is 814. The number of furan rings is 1. The van der Waals surface area contributed by atoms with Crippen LogP contribution in [0.25, 0.3) is 0 Å². The summed E-state index contributed by atoms with van der Waals surface area (Å²) in [6, 6.07) is 10.0. The van der Waals surface area contributed by atoms with Gasteiger partial charge in [-0.1, -0.05) is 6.07 Å². The second-order valence-corrected chi connectivity index (χ2v) is 6.44. The molecule has 130 valence electrons. The molecule has 0 atom stereocenters. The number of amides is 3. The lowest BCUT2D eigenvalue weighted by Crippen LogP contribution is -2.32. The average molecular weight is 406 g/mol. The third-order valence-electron chi connectivity index (χ3n) is 3.53. The van der Waals surface area contributed by atoms with Gasteiger partial charge in [0.05, 0.1) is 6.54 Å². The predicted octanol–water partition coefficient (Wildman–Crippen LogP) is 2.30. The first-order valence-electron chi connectivity index (χ1n) is 7.75. The summed E-state index contributed by atoms with van der Waals surface area (Å²) in [5.41, 5.74) is 0.970. The van der Waals surface area contributed by atoms with Crippen LogP contribution >= 0.6 is 15.9 Å². The number of hydrogen-bond acceptors (Lipinski definition) is 4. The monoisotopic (exact) mass is 405 g/mol. The molecule has 0 radical (unpaired) electrons. The molecule has 0 bridgehead atoms. The molecule has 0 unspecified atom stereocenters. The molecule has 1 aliphatic carbocycles. The van der Waals surface area contributed by atoms with Crippen LogP contribution < -0.4 is 16.0 Å². The van der Waals surface area contributed by atoms with Crippen LogP contribution in [0, 0.1) is 0 Å². The second kappa shape index (κ2) is 7.52. The van der Waals surface area contributed by atoms with E-state index in [1.807, 2.05) is 0 Å². The van der Waals surface area contributed by atoms with E-state index >= 15 is 0 Å². The first kappa shape index (κ1) is 17.2. The van der Waals surface area contributed by atoms with Crippen molar-refractivity contribution < 1.29 is 18.8 Å². The Kier molecular flexibility index (Phi) is 5.18.